The monoisotopic (exact) mass is 660 g/mol. The largest absolute Gasteiger partial charge is 0.379 e. The molecule has 0 aliphatic rings. The molecule has 0 unspecified atom stereocenters. The predicted molar refractivity (Wildman–Crippen MR) is 170 cm³/mol. The second-order valence-corrected chi connectivity index (χ2v) is 12.3. The van der Waals surface area contributed by atoms with E-state index in [9.17, 15) is 18.0 Å². The zero-order valence-corrected chi connectivity index (χ0v) is 27.3. The molecule has 0 spiro atoms. The molecule has 0 aliphatic heterocycles. The number of nitrogens with zero attached hydrogens (tertiary/aromatic N) is 3. The highest BCUT2D eigenvalue weighted by atomic mass is 32.2. The van der Waals surface area contributed by atoms with E-state index in [1.54, 1.807) is 35.1 Å². The lowest BCUT2D eigenvalue weighted by molar-refractivity contribution is 0.0150. The number of benzene rings is 2. The number of nitrogens with one attached hydrogen (secondary N) is 1. The van der Waals surface area contributed by atoms with Gasteiger partial charge in [-0.2, -0.15) is 0 Å². The number of aromatic nitrogens is 3. The Kier molecular flexibility index (Phi) is 16.5. The van der Waals surface area contributed by atoms with E-state index in [0.717, 1.165) is 5.56 Å². The predicted octanol–water partition coefficient (Wildman–Crippen LogP) is 2.67. The van der Waals surface area contributed by atoms with Gasteiger partial charge in [-0.25, -0.2) is 13.1 Å². The third-order valence-electron chi connectivity index (χ3n) is 6.60. The molecule has 1 heterocycles. The minimum absolute atomic E-state index is 0.147. The summed E-state index contributed by atoms with van der Waals surface area (Å²) >= 11 is 0. The van der Waals surface area contributed by atoms with Crippen LogP contribution in [0.15, 0.2) is 59.6 Å². The van der Waals surface area contributed by atoms with Gasteiger partial charge in [-0.15, -0.1) is 5.10 Å². The van der Waals surface area contributed by atoms with Crippen LogP contribution in [0.3, 0.4) is 0 Å². The van der Waals surface area contributed by atoms with Gasteiger partial charge in [-0.05, 0) is 38.1 Å². The van der Waals surface area contributed by atoms with Gasteiger partial charge < -0.3 is 29.0 Å². The SMILES string of the molecule is CCOCCOCCOCCn1cc(COCCOCCNC(=O)c2ccc(C(=O)CCS(=O)(=O)c3ccc(C)cc3)cc2)nn1. The summed E-state index contributed by atoms with van der Waals surface area (Å²) in [6.45, 7) is 9.34. The Morgan fingerprint density at radius 2 is 1.39 bits per heavy atom. The minimum atomic E-state index is -3.56. The van der Waals surface area contributed by atoms with Crippen LogP contribution in [0.1, 0.15) is 45.3 Å². The first kappa shape index (κ1) is 36.9. The number of amides is 1. The summed E-state index contributed by atoms with van der Waals surface area (Å²) < 4.78 is 53.9. The molecule has 3 rings (SSSR count). The van der Waals surface area contributed by atoms with Crippen molar-refractivity contribution in [2.45, 2.75) is 38.3 Å². The lowest BCUT2D eigenvalue weighted by atomic mass is 10.1. The van der Waals surface area contributed by atoms with Crippen molar-refractivity contribution in [3.63, 3.8) is 0 Å². The maximum Gasteiger partial charge on any atom is 0.251 e. The van der Waals surface area contributed by atoms with Gasteiger partial charge in [0.05, 0.1) is 82.9 Å². The van der Waals surface area contributed by atoms with Gasteiger partial charge in [-0.1, -0.05) is 35.0 Å². The quantitative estimate of drug-likeness (QED) is 0.111. The van der Waals surface area contributed by atoms with Crippen molar-refractivity contribution in [3.05, 3.63) is 77.1 Å². The van der Waals surface area contributed by atoms with E-state index in [1.165, 1.54) is 24.3 Å². The summed E-state index contributed by atoms with van der Waals surface area (Å²) in [6, 6.07) is 12.7. The number of ketones is 1. The van der Waals surface area contributed by atoms with Crippen molar-refractivity contribution in [2.24, 2.45) is 0 Å². The molecular formula is C32H44N4O9S. The Balaban J connectivity index is 1.21. The van der Waals surface area contributed by atoms with Crippen LogP contribution < -0.4 is 5.32 Å². The molecule has 0 radical (unpaired) electrons. The number of hydrogen-bond donors (Lipinski definition) is 1. The zero-order chi connectivity index (χ0) is 33.0. The van der Waals surface area contributed by atoms with Crippen molar-refractivity contribution < 1.29 is 41.7 Å². The topological polar surface area (TPSA) is 157 Å². The fraction of sp³-hybridized carbons (Fsp3) is 0.500. The summed E-state index contributed by atoms with van der Waals surface area (Å²) in [7, 11) is -3.56. The van der Waals surface area contributed by atoms with E-state index >= 15 is 0 Å². The maximum absolute atomic E-state index is 12.5. The lowest BCUT2D eigenvalue weighted by Gasteiger charge is -2.08. The number of hydrogen-bond acceptors (Lipinski definition) is 11. The van der Waals surface area contributed by atoms with Crippen molar-refractivity contribution in [1.82, 2.24) is 20.3 Å². The van der Waals surface area contributed by atoms with Crippen molar-refractivity contribution in [3.8, 4) is 0 Å². The van der Waals surface area contributed by atoms with Crippen LogP contribution in [-0.4, -0.2) is 107 Å². The molecule has 2 aromatic carbocycles. The number of aryl methyl sites for hydroxylation is 1. The van der Waals surface area contributed by atoms with Crippen molar-refractivity contribution in [1.29, 1.82) is 0 Å². The van der Waals surface area contributed by atoms with E-state index in [0.29, 0.717) is 96.0 Å². The van der Waals surface area contributed by atoms with E-state index < -0.39 is 9.84 Å². The summed E-state index contributed by atoms with van der Waals surface area (Å²) in [4.78, 5) is 25.2. The third-order valence-corrected chi connectivity index (χ3v) is 8.33. The summed E-state index contributed by atoms with van der Waals surface area (Å²) in [5.41, 5.74) is 2.39. The molecule has 0 fully saturated rings. The van der Waals surface area contributed by atoms with Crippen molar-refractivity contribution in [2.75, 3.05) is 71.8 Å². The zero-order valence-electron chi connectivity index (χ0n) is 26.5. The number of Topliss-reactive ketones (excluding diaryl/α,β-unsaturated/α-hetero) is 1. The molecule has 0 bridgehead atoms. The molecule has 1 N–H and O–H groups in total. The first-order valence-electron chi connectivity index (χ1n) is 15.3. The van der Waals surface area contributed by atoms with Crippen LogP contribution in [0.4, 0.5) is 0 Å². The molecule has 13 nitrogen and oxygen atoms in total. The number of sulfone groups is 1. The van der Waals surface area contributed by atoms with Gasteiger partial charge in [0.25, 0.3) is 5.91 Å². The van der Waals surface area contributed by atoms with Gasteiger partial charge in [0.15, 0.2) is 15.6 Å². The molecule has 14 heteroatoms. The molecule has 0 saturated heterocycles. The normalized spacial score (nSPS) is 11.5. The van der Waals surface area contributed by atoms with E-state index in [-0.39, 0.29) is 28.8 Å². The van der Waals surface area contributed by atoms with Gasteiger partial charge in [0.2, 0.25) is 0 Å². The first-order valence-corrected chi connectivity index (χ1v) is 16.9. The van der Waals surface area contributed by atoms with Crippen LogP contribution in [0.5, 0.6) is 0 Å². The highest BCUT2D eigenvalue weighted by Crippen LogP contribution is 2.15. The third kappa shape index (κ3) is 13.8. The Morgan fingerprint density at radius 1 is 0.783 bits per heavy atom. The number of carbonyl (C=O) groups is 2. The Labute approximate surface area is 270 Å². The van der Waals surface area contributed by atoms with E-state index in [4.69, 9.17) is 23.7 Å². The first-order chi connectivity index (χ1) is 22.3. The molecule has 0 aliphatic carbocycles. The minimum Gasteiger partial charge on any atom is -0.379 e. The fourth-order valence-corrected chi connectivity index (χ4v) is 5.27. The highest BCUT2D eigenvalue weighted by molar-refractivity contribution is 7.91. The van der Waals surface area contributed by atoms with Gasteiger partial charge in [0, 0.05) is 30.7 Å². The smallest absolute Gasteiger partial charge is 0.251 e. The number of ether oxygens (including phenoxy) is 5. The second kappa shape index (κ2) is 20.6. The molecule has 0 atom stereocenters. The van der Waals surface area contributed by atoms with Crippen LogP contribution in [0, 0.1) is 6.92 Å². The van der Waals surface area contributed by atoms with Gasteiger partial charge in [-0.3, -0.25) is 9.59 Å². The van der Waals surface area contributed by atoms with Gasteiger partial charge >= 0.3 is 0 Å². The molecule has 1 aromatic heterocycles. The Hall–Kier alpha value is -3.53. The van der Waals surface area contributed by atoms with Crippen LogP contribution in [-0.2, 0) is 46.7 Å². The summed E-state index contributed by atoms with van der Waals surface area (Å²) in [5, 5.41) is 10.9. The average molecular weight is 661 g/mol. The van der Waals surface area contributed by atoms with Crippen LogP contribution in [0.2, 0.25) is 0 Å². The average Bonchev–Trinajstić information content (AvgIpc) is 3.51. The summed E-state index contributed by atoms with van der Waals surface area (Å²) in [5.74, 6) is -0.896. The number of rotatable bonds is 24. The Bertz CT molecular complexity index is 1430. The number of carbonyl (C=O) groups excluding carboxylic acids is 2. The highest BCUT2D eigenvalue weighted by Gasteiger charge is 2.17. The molecule has 46 heavy (non-hydrogen) atoms. The van der Waals surface area contributed by atoms with E-state index in [2.05, 4.69) is 15.6 Å². The van der Waals surface area contributed by atoms with Crippen molar-refractivity contribution >= 4 is 21.5 Å². The molecule has 3 aromatic rings. The maximum atomic E-state index is 12.5. The molecule has 252 valence electrons. The lowest BCUT2D eigenvalue weighted by Crippen LogP contribution is -2.27. The van der Waals surface area contributed by atoms with Crippen LogP contribution in [0.25, 0.3) is 0 Å². The van der Waals surface area contributed by atoms with Gasteiger partial charge in [0.1, 0.15) is 5.69 Å². The Morgan fingerprint density at radius 3 is 2.09 bits per heavy atom. The molecular weight excluding hydrogens is 616 g/mol. The van der Waals surface area contributed by atoms with E-state index in [1.807, 2.05) is 13.8 Å². The van der Waals surface area contributed by atoms with Crippen LogP contribution >= 0.6 is 0 Å². The standard InChI is InChI=1S/C32H44N4O9S/c1-3-41-17-18-44-20-19-43-16-14-36-24-29(34-35-36)25-45-22-21-42-15-13-33-32(38)28-8-6-27(7-9-28)31(37)12-23-46(39,40)30-10-4-26(2)5-11-30/h4-11,24H,3,12-23,25H2,1-2H3,(H,33,38). The molecule has 1 amide bonds. The molecule has 0 saturated carbocycles. The summed E-state index contributed by atoms with van der Waals surface area (Å²) in [6.07, 6.45) is 1.66. The fourth-order valence-electron chi connectivity index (χ4n) is 4.03. The second-order valence-electron chi connectivity index (χ2n) is 10.2.